The van der Waals surface area contributed by atoms with E-state index in [0.717, 1.165) is 16.7 Å². The predicted molar refractivity (Wildman–Crippen MR) is 100 cm³/mol. The van der Waals surface area contributed by atoms with Crippen LogP contribution in [0.5, 0.6) is 5.75 Å². The highest BCUT2D eigenvalue weighted by Gasteiger charge is 2.08. The van der Waals surface area contributed by atoms with Crippen LogP contribution in [0.15, 0.2) is 72.8 Å². The molecule has 3 aromatic carbocycles. The average Bonchev–Trinajstić information content (AvgIpc) is 2.63. The SMILES string of the molecule is Cc1ccc(C#Cc2ccc(C(O)Oc3ccc(C)cc3)cc2)cc1. The number of aryl methyl sites for hydroxylation is 2. The van der Waals surface area contributed by atoms with E-state index in [9.17, 15) is 5.11 Å². The van der Waals surface area contributed by atoms with Crippen LogP contribution < -0.4 is 4.74 Å². The molecule has 0 saturated heterocycles. The molecule has 2 nitrogen and oxygen atoms in total. The van der Waals surface area contributed by atoms with Gasteiger partial charge in [0.2, 0.25) is 6.29 Å². The highest BCUT2D eigenvalue weighted by molar-refractivity contribution is 5.44. The second kappa shape index (κ2) is 7.70. The van der Waals surface area contributed by atoms with Crippen LogP contribution in [0.4, 0.5) is 0 Å². The maximum absolute atomic E-state index is 10.2. The van der Waals surface area contributed by atoms with Crippen LogP contribution in [0, 0.1) is 25.7 Å². The molecule has 25 heavy (non-hydrogen) atoms. The molecule has 0 aliphatic heterocycles. The normalized spacial score (nSPS) is 11.3. The summed E-state index contributed by atoms with van der Waals surface area (Å²) >= 11 is 0. The summed E-state index contributed by atoms with van der Waals surface area (Å²) in [5.41, 5.74) is 4.95. The summed E-state index contributed by atoms with van der Waals surface area (Å²) in [5, 5.41) is 10.2. The van der Waals surface area contributed by atoms with Crippen LogP contribution in [0.1, 0.15) is 34.1 Å². The summed E-state index contributed by atoms with van der Waals surface area (Å²) in [7, 11) is 0. The zero-order chi connectivity index (χ0) is 17.6. The summed E-state index contributed by atoms with van der Waals surface area (Å²) in [6.07, 6.45) is -0.998. The summed E-state index contributed by atoms with van der Waals surface area (Å²) in [6, 6.07) is 23.1. The summed E-state index contributed by atoms with van der Waals surface area (Å²) in [4.78, 5) is 0. The van der Waals surface area contributed by atoms with Crippen molar-refractivity contribution in [2.24, 2.45) is 0 Å². The van der Waals surface area contributed by atoms with Crippen LogP contribution in [0.2, 0.25) is 0 Å². The fourth-order valence-electron chi connectivity index (χ4n) is 2.33. The molecule has 1 unspecified atom stereocenters. The van der Waals surface area contributed by atoms with Crippen molar-refractivity contribution in [2.75, 3.05) is 0 Å². The molecular formula is C23H20O2. The second-order valence-corrected chi connectivity index (χ2v) is 6.02. The number of rotatable bonds is 3. The third-order valence-corrected chi connectivity index (χ3v) is 3.87. The molecule has 0 spiro atoms. The number of hydrogen-bond acceptors (Lipinski definition) is 2. The summed E-state index contributed by atoms with van der Waals surface area (Å²) < 4.78 is 5.56. The Kier molecular flexibility index (Phi) is 5.18. The predicted octanol–water partition coefficient (Wildman–Crippen LogP) is 4.77. The molecule has 3 rings (SSSR count). The highest BCUT2D eigenvalue weighted by Crippen LogP contribution is 2.20. The molecule has 0 heterocycles. The average molecular weight is 328 g/mol. The first-order valence-electron chi connectivity index (χ1n) is 8.20. The number of ether oxygens (including phenoxy) is 1. The van der Waals surface area contributed by atoms with E-state index in [4.69, 9.17) is 4.74 Å². The fourth-order valence-corrected chi connectivity index (χ4v) is 2.33. The van der Waals surface area contributed by atoms with E-state index >= 15 is 0 Å². The van der Waals surface area contributed by atoms with E-state index in [1.54, 1.807) is 0 Å². The van der Waals surface area contributed by atoms with Gasteiger partial charge in [0.05, 0.1) is 0 Å². The van der Waals surface area contributed by atoms with Crippen LogP contribution in [0.25, 0.3) is 0 Å². The van der Waals surface area contributed by atoms with Crippen molar-refractivity contribution in [3.63, 3.8) is 0 Å². The van der Waals surface area contributed by atoms with Crippen molar-refractivity contribution >= 4 is 0 Å². The van der Waals surface area contributed by atoms with Gasteiger partial charge in [-0.15, -0.1) is 0 Å². The maximum atomic E-state index is 10.2. The minimum atomic E-state index is -0.998. The highest BCUT2D eigenvalue weighted by atomic mass is 16.6. The molecule has 3 aromatic rings. The largest absolute Gasteiger partial charge is 0.461 e. The zero-order valence-corrected chi connectivity index (χ0v) is 14.4. The van der Waals surface area contributed by atoms with Gasteiger partial charge in [0.15, 0.2) is 0 Å². The molecule has 0 radical (unpaired) electrons. The van der Waals surface area contributed by atoms with E-state index in [1.807, 2.05) is 79.7 Å². The van der Waals surface area contributed by atoms with E-state index in [0.29, 0.717) is 11.3 Å². The molecule has 2 heteroatoms. The first-order chi connectivity index (χ1) is 12.1. The van der Waals surface area contributed by atoms with Crippen molar-refractivity contribution in [2.45, 2.75) is 20.1 Å². The molecular weight excluding hydrogens is 308 g/mol. The van der Waals surface area contributed by atoms with E-state index in [2.05, 4.69) is 18.8 Å². The van der Waals surface area contributed by atoms with Crippen LogP contribution in [-0.2, 0) is 0 Å². The van der Waals surface area contributed by atoms with Crippen molar-refractivity contribution < 1.29 is 9.84 Å². The third kappa shape index (κ3) is 4.73. The summed E-state index contributed by atoms with van der Waals surface area (Å²) in [6.45, 7) is 4.07. The van der Waals surface area contributed by atoms with Gasteiger partial charge in [-0.05, 0) is 50.2 Å². The van der Waals surface area contributed by atoms with Gasteiger partial charge in [0.1, 0.15) is 5.75 Å². The van der Waals surface area contributed by atoms with Gasteiger partial charge in [-0.1, -0.05) is 59.4 Å². The zero-order valence-electron chi connectivity index (χ0n) is 14.4. The van der Waals surface area contributed by atoms with Crippen molar-refractivity contribution in [3.05, 3.63) is 101 Å². The van der Waals surface area contributed by atoms with Gasteiger partial charge >= 0.3 is 0 Å². The molecule has 0 aliphatic rings. The lowest BCUT2D eigenvalue weighted by molar-refractivity contribution is -0.0194. The van der Waals surface area contributed by atoms with Gasteiger partial charge < -0.3 is 9.84 Å². The Balaban J connectivity index is 1.67. The topological polar surface area (TPSA) is 29.5 Å². The monoisotopic (exact) mass is 328 g/mol. The number of hydrogen-bond donors (Lipinski definition) is 1. The second-order valence-electron chi connectivity index (χ2n) is 6.02. The Bertz CT molecular complexity index is 880. The molecule has 124 valence electrons. The van der Waals surface area contributed by atoms with E-state index in [1.165, 1.54) is 5.56 Å². The lowest BCUT2D eigenvalue weighted by atomic mass is 10.1. The van der Waals surface area contributed by atoms with Gasteiger partial charge in [-0.3, -0.25) is 0 Å². The molecule has 1 atom stereocenters. The van der Waals surface area contributed by atoms with Gasteiger partial charge in [0, 0.05) is 16.7 Å². The molecule has 0 fully saturated rings. The van der Waals surface area contributed by atoms with Crippen molar-refractivity contribution in [1.82, 2.24) is 0 Å². The maximum Gasteiger partial charge on any atom is 0.224 e. The van der Waals surface area contributed by atoms with Crippen molar-refractivity contribution in [1.29, 1.82) is 0 Å². The quantitative estimate of drug-likeness (QED) is 0.554. The van der Waals surface area contributed by atoms with Crippen LogP contribution >= 0.6 is 0 Å². The lowest BCUT2D eigenvalue weighted by Gasteiger charge is -2.14. The van der Waals surface area contributed by atoms with E-state index < -0.39 is 6.29 Å². The van der Waals surface area contributed by atoms with Crippen LogP contribution in [-0.4, -0.2) is 5.11 Å². The number of aliphatic hydroxyl groups excluding tert-OH is 1. The Morgan fingerprint density at radius 2 is 1.12 bits per heavy atom. The standard InChI is InChI=1S/C23H20O2/c1-17-3-7-19(8-4-17)9-10-20-11-13-21(14-12-20)23(24)25-22-15-5-18(2)6-16-22/h3-8,11-16,23-24H,1-2H3. The Morgan fingerprint density at radius 3 is 1.64 bits per heavy atom. The van der Waals surface area contributed by atoms with Gasteiger partial charge in [0.25, 0.3) is 0 Å². The minimum Gasteiger partial charge on any atom is -0.461 e. The molecule has 0 aliphatic carbocycles. The van der Waals surface area contributed by atoms with Gasteiger partial charge in [-0.2, -0.15) is 0 Å². The smallest absolute Gasteiger partial charge is 0.224 e. The lowest BCUT2D eigenvalue weighted by Crippen LogP contribution is -2.06. The van der Waals surface area contributed by atoms with Gasteiger partial charge in [-0.25, -0.2) is 0 Å². The molecule has 0 saturated carbocycles. The minimum absolute atomic E-state index is 0.640. The number of benzene rings is 3. The Morgan fingerprint density at radius 1 is 0.680 bits per heavy atom. The molecule has 1 N–H and O–H groups in total. The molecule has 0 aromatic heterocycles. The Hall–Kier alpha value is -3.02. The summed E-state index contributed by atoms with van der Waals surface area (Å²) in [5.74, 6) is 6.91. The van der Waals surface area contributed by atoms with Crippen molar-refractivity contribution in [3.8, 4) is 17.6 Å². The third-order valence-electron chi connectivity index (χ3n) is 3.87. The number of aliphatic hydroxyl groups is 1. The first-order valence-corrected chi connectivity index (χ1v) is 8.20. The fraction of sp³-hybridized carbons (Fsp3) is 0.130. The van der Waals surface area contributed by atoms with E-state index in [-0.39, 0.29) is 0 Å². The molecule has 0 amide bonds. The van der Waals surface area contributed by atoms with Crippen LogP contribution in [0.3, 0.4) is 0 Å². The molecule has 0 bridgehead atoms. The first kappa shape index (κ1) is 16.8. The Labute approximate surface area is 148 Å².